The minimum Gasteiger partial charge on any atom is -0.444 e. The van der Waals surface area contributed by atoms with E-state index in [1.54, 1.807) is 17.0 Å². The summed E-state index contributed by atoms with van der Waals surface area (Å²) in [5.74, 6) is -0.0311. The molecule has 19 heavy (non-hydrogen) atoms. The van der Waals surface area contributed by atoms with E-state index < -0.39 is 5.60 Å². The largest absolute Gasteiger partial charge is 0.444 e. The minimum absolute atomic E-state index is 0.197. The molecule has 1 aromatic carbocycles. The van der Waals surface area contributed by atoms with Gasteiger partial charge >= 0.3 is 6.09 Å². The average molecular weight is 265 g/mol. The number of carbonyl (C=O) groups excluding carboxylic acids is 1. The Morgan fingerprint density at radius 2 is 2.16 bits per heavy atom. The van der Waals surface area contributed by atoms with Crippen molar-refractivity contribution in [3.05, 3.63) is 35.6 Å². The second kappa shape index (κ2) is 5.19. The maximum absolute atomic E-state index is 13.2. The molecular weight excluding hydrogens is 245 g/mol. The Bertz CT molecular complexity index is 467. The smallest absolute Gasteiger partial charge is 0.410 e. The first kappa shape index (κ1) is 13.8. The zero-order chi connectivity index (χ0) is 14.0. The van der Waals surface area contributed by atoms with E-state index >= 15 is 0 Å². The molecule has 0 radical (unpaired) electrons. The Hall–Kier alpha value is -1.58. The van der Waals surface area contributed by atoms with Crippen molar-refractivity contribution in [2.75, 3.05) is 13.1 Å². The summed E-state index contributed by atoms with van der Waals surface area (Å²) in [6.45, 7) is 6.82. The monoisotopic (exact) mass is 265 g/mol. The van der Waals surface area contributed by atoms with Crippen LogP contribution in [0.2, 0.25) is 0 Å². The van der Waals surface area contributed by atoms with Crippen LogP contribution in [0.5, 0.6) is 0 Å². The molecule has 1 heterocycles. The van der Waals surface area contributed by atoms with Gasteiger partial charge in [-0.25, -0.2) is 9.18 Å². The lowest BCUT2D eigenvalue weighted by molar-refractivity contribution is 0.0292. The van der Waals surface area contributed by atoms with E-state index in [0.29, 0.717) is 13.1 Å². The topological polar surface area (TPSA) is 29.5 Å². The molecule has 0 saturated carbocycles. The van der Waals surface area contributed by atoms with Crippen LogP contribution in [0.4, 0.5) is 9.18 Å². The second-order valence-corrected chi connectivity index (χ2v) is 5.97. The molecule has 2 rings (SSSR count). The van der Waals surface area contributed by atoms with Gasteiger partial charge in [0.15, 0.2) is 0 Å². The van der Waals surface area contributed by atoms with Gasteiger partial charge in [-0.1, -0.05) is 12.1 Å². The SMILES string of the molecule is CC(C)(C)OC(=O)N1CC[C@@H](c2cccc(F)c2)C1. The van der Waals surface area contributed by atoms with E-state index in [4.69, 9.17) is 4.74 Å². The summed E-state index contributed by atoms with van der Waals surface area (Å²) in [6.07, 6.45) is 0.564. The molecule has 0 aromatic heterocycles. The zero-order valence-electron chi connectivity index (χ0n) is 11.6. The standard InChI is InChI=1S/C15H20FNO2/c1-15(2,3)19-14(18)17-8-7-12(10-17)11-5-4-6-13(16)9-11/h4-6,9,12H,7-8,10H2,1-3H3/t12-/m1/s1. The molecule has 104 valence electrons. The van der Waals surface area contributed by atoms with Crippen molar-refractivity contribution < 1.29 is 13.9 Å². The summed E-state index contributed by atoms with van der Waals surface area (Å²) in [6, 6.07) is 6.60. The third-order valence-electron chi connectivity index (χ3n) is 3.16. The van der Waals surface area contributed by atoms with Crippen LogP contribution >= 0.6 is 0 Å². The van der Waals surface area contributed by atoms with Crippen molar-refractivity contribution in [2.45, 2.75) is 38.7 Å². The van der Waals surface area contributed by atoms with Gasteiger partial charge in [0.2, 0.25) is 0 Å². The molecule has 0 N–H and O–H groups in total. The minimum atomic E-state index is -0.478. The lowest BCUT2D eigenvalue weighted by atomic mass is 9.98. The zero-order valence-corrected chi connectivity index (χ0v) is 11.6. The maximum atomic E-state index is 13.2. The van der Waals surface area contributed by atoms with Gasteiger partial charge in [0.05, 0.1) is 0 Å². The van der Waals surface area contributed by atoms with Crippen LogP contribution in [-0.4, -0.2) is 29.7 Å². The Labute approximate surface area is 113 Å². The third kappa shape index (κ3) is 3.69. The number of rotatable bonds is 1. The Morgan fingerprint density at radius 3 is 2.79 bits per heavy atom. The summed E-state index contributed by atoms with van der Waals surface area (Å²) in [4.78, 5) is 13.6. The fourth-order valence-electron chi connectivity index (χ4n) is 2.29. The molecule has 1 aliphatic heterocycles. The first-order valence-corrected chi connectivity index (χ1v) is 6.58. The number of carbonyl (C=O) groups is 1. The van der Waals surface area contributed by atoms with Crippen LogP contribution in [0.1, 0.15) is 38.7 Å². The van der Waals surface area contributed by atoms with Crippen molar-refractivity contribution >= 4 is 6.09 Å². The number of halogens is 1. The highest BCUT2D eigenvalue weighted by Gasteiger charge is 2.30. The van der Waals surface area contributed by atoms with Crippen LogP contribution in [0.3, 0.4) is 0 Å². The summed E-state index contributed by atoms with van der Waals surface area (Å²) in [7, 11) is 0. The fraction of sp³-hybridized carbons (Fsp3) is 0.533. The number of benzene rings is 1. The predicted molar refractivity (Wildman–Crippen MR) is 71.6 cm³/mol. The van der Waals surface area contributed by atoms with Crippen molar-refractivity contribution in [3.8, 4) is 0 Å². The Kier molecular flexibility index (Phi) is 3.78. The van der Waals surface area contributed by atoms with Crippen LogP contribution in [0.15, 0.2) is 24.3 Å². The van der Waals surface area contributed by atoms with Crippen molar-refractivity contribution in [2.24, 2.45) is 0 Å². The molecule has 1 aromatic rings. The maximum Gasteiger partial charge on any atom is 0.410 e. The van der Waals surface area contributed by atoms with Gasteiger partial charge in [-0.2, -0.15) is 0 Å². The third-order valence-corrected chi connectivity index (χ3v) is 3.16. The highest BCUT2D eigenvalue weighted by Crippen LogP contribution is 2.28. The number of likely N-dealkylation sites (tertiary alicyclic amines) is 1. The highest BCUT2D eigenvalue weighted by molar-refractivity contribution is 5.68. The van der Waals surface area contributed by atoms with Crippen LogP contribution < -0.4 is 0 Å². The van der Waals surface area contributed by atoms with Gasteiger partial charge in [-0.15, -0.1) is 0 Å². The molecule has 0 unspecified atom stereocenters. The summed E-state index contributed by atoms with van der Waals surface area (Å²) in [5, 5.41) is 0. The lowest BCUT2D eigenvalue weighted by Gasteiger charge is -2.24. The summed E-state index contributed by atoms with van der Waals surface area (Å²) >= 11 is 0. The van der Waals surface area contributed by atoms with E-state index in [0.717, 1.165) is 12.0 Å². The summed E-state index contributed by atoms with van der Waals surface area (Å²) in [5.41, 5.74) is 0.472. The van der Waals surface area contributed by atoms with Gasteiger partial charge in [-0.05, 0) is 44.9 Å². The van der Waals surface area contributed by atoms with Gasteiger partial charge in [0.25, 0.3) is 0 Å². The highest BCUT2D eigenvalue weighted by atomic mass is 19.1. The normalized spacial score (nSPS) is 19.6. The van der Waals surface area contributed by atoms with Crippen molar-refractivity contribution in [1.82, 2.24) is 4.90 Å². The van der Waals surface area contributed by atoms with Crippen molar-refractivity contribution in [3.63, 3.8) is 0 Å². The van der Waals surface area contributed by atoms with Gasteiger partial charge < -0.3 is 9.64 Å². The number of hydrogen-bond acceptors (Lipinski definition) is 2. The molecule has 1 atom stereocenters. The number of nitrogens with zero attached hydrogens (tertiary/aromatic N) is 1. The fourth-order valence-corrected chi connectivity index (χ4v) is 2.29. The quantitative estimate of drug-likeness (QED) is 0.777. The lowest BCUT2D eigenvalue weighted by Crippen LogP contribution is -2.35. The molecule has 0 aliphatic carbocycles. The van der Waals surface area contributed by atoms with E-state index in [1.807, 2.05) is 26.8 Å². The Morgan fingerprint density at radius 1 is 1.42 bits per heavy atom. The van der Waals surface area contributed by atoms with E-state index in [9.17, 15) is 9.18 Å². The summed E-state index contributed by atoms with van der Waals surface area (Å²) < 4.78 is 18.5. The number of hydrogen-bond donors (Lipinski definition) is 0. The molecule has 0 spiro atoms. The first-order valence-electron chi connectivity index (χ1n) is 6.58. The Balaban J connectivity index is 1.98. The molecule has 3 nitrogen and oxygen atoms in total. The van der Waals surface area contributed by atoms with Crippen LogP contribution in [-0.2, 0) is 4.74 Å². The van der Waals surface area contributed by atoms with Crippen LogP contribution in [0.25, 0.3) is 0 Å². The molecule has 1 amide bonds. The molecule has 1 saturated heterocycles. The number of ether oxygens (including phenoxy) is 1. The molecular formula is C15H20FNO2. The van der Waals surface area contributed by atoms with E-state index in [-0.39, 0.29) is 17.8 Å². The average Bonchev–Trinajstić information content (AvgIpc) is 2.75. The van der Waals surface area contributed by atoms with E-state index in [2.05, 4.69) is 0 Å². The first-order chi connectivity index (χ1) is 8.85. The molecule has 1 aliphatic rings. The van der Waals surface area contributed by atoms with Crippen molar-refractivity contribution in [1.29, 1.82) is 0 Å². The van der Waals surface area contributed by atoms with Crippen LogP contribution in [0, 0.1) is 5.82 Å². The number of amides is 1. The molecule has 4 heteroatoms. The molecule has 0 bridgehead atoms. The predicted octanol–water partition coefficient (Wildman–Crippen LogP) is 3.55. The van der Waals surface area contributed by atoms with Gasteiger partial charge in [0, 0.05) is 19.0 Å². The molecule has 1 fully saturated rings. The second-order valence-electron chi connectivity index (χ2n) is 5.97. The van der Waals surface area contributed by atoms with Gasteiger partial charge in [-0.3, -0.25) is 0 Å². The van der Waals surface area contributed by atoms with Gasteiger partial charge in [0.1, 0.15) is 11.4 Å². The van der Waals surface area contributed by atoms with E-state index in [1.165, 1.54) is 6.07 Å².